The van der Waals surface area contributed by atoms with Gasteiger partial charge in [0, 0.05) is 32.2 Å². The first-order valence-corrected chi connectivity index (χ1v) is 6.52. The van der Waals surface area contributed by atoms with E-state index in [1.807, 2.05) is 6.07 Å². The van der Waals surface area contributed by atoms with Gasteiger partial charge in [-0.15, -0.1) is 0 Å². The maximum Gasteiger partial charge on any atom is 0.253 e. The van der Waals surface area contributed by atoms with E-state index in [0.29, 0.717) is 16.8 Å². The maximum absolute atomic E-state index is 12.0. The Hall–Kier alpha value is -1.29. The monoisotopic (exact) mass is 267 g/mol. The fraction of sp³-hybridized carbons (Fsp3) is 0.538. The molecule has 0 saturated carbocycles. The van der Waals surface area contributed by atoms with Gasteiger partial charge in [-0.1, -0.05) is 11.6 Å². The van der Waals surface area contributed by atoms with E-state index in [1.165, 1.54) is 0 Å². The highest BCUT2D eigenvalue weighted by Gasteiger charge is 2.23. The molecule has 1 aliphatic heterocycles. The van der Waals surface area contributed by atoms with Crippen molar-refractivity contribution >= 4 is 23.3 Å². The van der Waals surface area contributed by atoms with Crippen LogP contribution in [0.1, 0.15) is 30.1 Å². The van der Waals surface area contributed by atoms with E-state index in [9.17, 15) is 4.79 Å². The van der Waals surface area contributed by atoms with Crippen molar-refractivity contribution in [3.05, 3.63) is 22.8 Å². The van der Waals surface area contributed by atoms with Crippen molar-refractivity contribution < 1.29 is 4.79 Å². The second kappa shape index (κ2) is 5.14. The van der Waals surface area contributed by atoms with Crippen molar-refractivity contribution in [2.24, 2.45) is 0 Å². The van der Waals surface area contributed by atoms with E-state index >= 15 is 0 Å². The van der Waals surface area contributed by atoms with Gasteiger partial charge in [-0.2, -0.15) is 0 Å². The average molecular weight is 268 g/mol. The van der Waals surface area contributed by atoms with Crippen LogP contribution >= 0.6 is 11.6 Å². The molecule has 1 saturated heterocycles. The van der Waals surface area contributed by atoms with Gasteiger partial charge in [-0.25, -0.2) is 4.98 Å². The van der Waals surface area contributed by atoms with Crippen LogP contribution in [0.25, 0.3) is 0 Å². The minimum Gasteiger partial charge on any atom is -0.354 e. The third kappa shape index (κ3) is 2.58. The number of anilines is 1. The molecule has 0 bridgehead atoms. The second-order valence-corrected chi connectivity index (χ2v) is 5.31. The van der Waals surface area contributed by atoms with Crippen LogP contribution in [0.3, 0.4) is 0 Å². The van der Waals surface area contributed by atoms with E-state index < -0.39 is 0 Å². The van der Waals surface area contributed by atoms with E-state index in [1.54, 1.807) is 25.1 Å². The first kappa shape index (κ1) is 13.1. The molecule has 0 aliphatic carbocycles. The number of hydrogen-bond acceptors (Lipinski definition) is 3. The van der Waals surface area contributed by atoms with Gasteiger partial charge in [0.2, 0.25) is 0 Å². The number of pyridine rings is 1. The summed E-state index contributed by atoms with van der Waals surface area (Å²) in [5.74, 6) is 0.755. The molecule has 0 radical (unpaired) electrons. The third-order valence-corrected chi connectivity index (χ3v) is 3.47. The molecule has 1 atom stereocenters. The lowest BCUT2D eigenvalue weighted by molar-refractivity contribution is 0.0827. The molecule has 0 unspecified atom stereocenters. The lowest BCUT2D eigenvalue weighted by atomic mass is 10.2. The molecule has 0 N–H and O–H groups in total. The van der Waals surface area contributed by atoms with Gasteiger partial charge in [-0.3, -0.25) is 4.79 Å². The number of nitrogens with zero attached hydrogens (tertiary/aromatic N) is 3. The van der Waals surface area contributed by atoms with E-state index in [-0.39, 0.29) is 5.91 Å². The summed E-state index contributed by atoms with van der Waals surface area (Å²) in [5, 5.41) is 0.372. The largest absolute Gasteiger partial charge is 0.354 e. The smallest absolute Gasteiger partial charge is 0.253 e. The molecule has 1 amide bonds. The number of carbonyl (C=O) groups is 1. The summed E-state index contributed by atoms with van der Waals surface area (Å²) < 4.78 is 0. The Morgan fingerprint density at radius 1 is 1.50 bits per heavy atom. The van der Waals surface area contributed by atoms with Crippen LogP contribution in [-0.2, 0) is 0 Å². The van der Waals surface area contributed by atoms with Crippen molar-refractivity contribution in [2.45, 2.75) is 25.8 Å². The Balaban J connectivity index is 2.35. The predicted octanol–water partition coefficient (Wildman–Crippen LogP) is 2.43. The molecule has 4 nitrogen and oxygen atoms in total. The minimum absolute atomic E-state index is 0.0487. The lowest BCUT2D eigenvalue weighted by Gasteiger charge is -2.23. The van der Waals surface area contributed by atoms with Crippen molar-refractivity contribution in [3.63, 3.8) is 0 Å². The quantitative estimate of drug-likeness (QED) is 0.772. The molecule has 1 aliphatic rings. The van der Waals surface area contributed by atoms with Crippen molar-refractivity contribution in [2.75, 3.05) is 25.5 Å². The summed E-state index contributed by atoms with van der Waals surface area (Å²) in [7, 11) is 3.46. The molecule has 0 aromatic carbocycles. The predicted molar refractivity (Wildman–Crippen MR) is 73.3 cm³/mol. The van der Waals surface area contributed by atoms with Crippen LogP contribution in [0.5, 0.6) is 0 Å². The summed E-state index contributed by atoms with van der Waals surface area (Å²) in [6.45, 7) is 3.15. The Labute approximate surface area is 113 Å². The zero-order chi connectivity index (χ0) is 13.3. The van der Waals surface area contributed by atoms with Gasteiger partial charge >= 0.3 is 0 Å². The standard InChI is InChI=1S/C13H18ClN3O/c1-9-5-4-6-17(9)12-8-10(7-11(14)15-12)13(18)16(2)3/h7-9H,4-6H2,1-3H3/t9-/m1/s1. The number of halogens is 1. The highest BCUT2D eigenvalue weighted by Crippen LogP contribution is 2.26. The Kier molecular flexibility index (Phi) is 3.76. The van der Waals surface area contributed by atoms with Crippen LogP contribution in [0, 0.1) is 0 Å². The normalized spacial score (nSPS) is 19.1. The fourth-order valence-corrected chi connectivity index (χ4v) is 2.49. The van der Waals surface area contributed by atoms with Gasteiger partial charge in [0.1, 0.15) is 11.0 Å². The number of rotatable bonds is 2. The van der Waals surface area contributed by atoms with Crippen LogP contribution in [0.4, 0.5) is 5.82 Å². The Morgan fingerprint density at radius 2 is 2.22 bits per heavy atom. The van der Waals surface area contributed by atoms with Gasteiger partial charge in [0.05, 0.1) is 0 Å². The molecular formula is C13H18ClN3O. The highest BCUT2D eigenvalue weighted by atomic mass is 35.5. The van der Waals surface area contributed by atoms with E-state index in [4.69, 9.17) is 11.6 Å². The second-order valence-electron chi connectivity index (χ2n) is 4.92. The average Bonchev–Trinajstić information content (AvgIpc) is 2.73. The van der Waals surface area contributed by atoms with Crippen LogP contribution in [-0.4, -0.2) is 42.5 Å². The van der Waals surface area contributed by atoms with Gasteiger partial charge < -0.3 is 9.80 Å². The summed E-state index contributed by atoms with van der Waals surface area (Å²) in [6, 6.07) is 3.91. The molecule has 18 heavy (non-hydrogen) atoms. The number of aromatic nitrogens is 1. The summed E-state index contributed by atoms with van der Waals surface area (Å²) in [4.78, 5) is 20.0. The van der Waals surface area contributed by atoms with Gasteiger partial charge in [0.25, 0.3) is 5.91 Å². The highest BCUT2D eigenvalue weighted by molar-refractivity contribution is 6.29. The van der Waals surface area contributed by atoms with Crippen LogP contribution in [0.15, 0.2) is 12.1 Å². The third-order valence-electron chi connectivity index (χ3n) is 3.28. The van der Waals surface area contributed by atoms with E-state index in [2.05, 4.69) is 16.8 Å². The molecule has 1 aromatic rings. The number of amides is 1. The maximum atomic E-state index is 12.0. The van der Waals surface area contributed by atoms with Crippen LogP contribution < -0.4 is 4.90 Å². The summed E-state index contributed by atoms with van der Waals surface area (Å²) in [5.41, 5.74) is 0.592. The first-order chi connectivity index (χ1) is 8.49. The topological polar surface area (TPSA) is 36.4 Å². The van der Waals surface area contributed by atoms with Crippen molar-refractivity contribution in [1.29, 1.82) is 0 Å². The lowest BCUT2D eigenvalue weighted by Crippen LogP contribution is -2.28. The summed E-state index contributed by atoms with van der Waals surface area (Å²) >= 11 is 6.02. The zero-order valence-electron chi connectivity index (χ0n) is 11.0. The fourth-order valence-electron chi connectivity index (χ4n) is 2.29. The molecule has 0 spiro atoms. The van der Waals surface area contributed by atoms with Crippen LogP contribution in [0.2, 0.25) is 5.15 Å². The van der Waals surface area contributed by atoms with Crippen molar-refractivity contribution in [3.8, 4) is 0 Å². The molecular weight excluding hydrogens is 250 g/mol. The molecule has 98 valence electrons. The Bertz CT molecular complexity index is 462. The van der Waals surface area contributed by atoms with Crippen molar-refractivity contribution in [1.82, 2.24) is 9.88 Å². The zero-order valence-corrected chi connectivity index (χ0v) is 11.7. The molecule has 1 fully saturated rings. The molecule has 2 heterocycles. The first-order valence-electron chi connectivity index (χ1n) is 6.15. The SMILES string of the molecule is C[C@@H]1CCCN1c1cc(C(=O)N(C)C)cc(Cl)n1. The van der Waals surface area contributed by atoms with E-state index in [0.717, 1.165) is 25.2 Å². The molecule has 2 rings (SSSR count). The molecule has 1 aromatic heterocycles. The summed E-state index contributed by atoms with van der Waals surface area (Å²) in [6.07, 6.45) is 2.32. The van der Waals surface area contributed by atoms with Gasteiger partial charge in [-0.05, 0) is 31.9 Å². The molecule has 5 heteroatoms. The minimum atomic E-state index is -0.0487. The van der Waals surface area contributed by atoms with Gasteiger partial charge in [0.15, 0.2) is 0 Å². The number of hydrogen-bond donors (Lipinski definition) is 0. The number of carbonyl (C=O) groups excluding carboxylic acids is 1. The Morgan fingerprint density at radius 3 is 2.78 bits per heavy atom.